The molecule has 0 spiro atoms. The van der Waals surface area contributed by atoms with Crippen molar-refractivity contribution in [1.82, 2.24) is 10.6 Å². The third-order valence-electron chi connectivity index (χ3n) is 3.99. The number of nitrogens with one attached hydrogen (secondary N) is 2. The standard InChI is InChI=1S/C18H23F3N2O3/c1-11(2)26-14-7-6-12(15(9-14)18(19,20)21)10-22-17(25)8-13-4-3-5-16(24)23-13/h6-7,9,11,13H,3-5,8,10H2,1-2H3,(H,22,25)(H,23,24). The maximum atomic E-state index is 13.3. The number of ether oxygens (including phenoxy) is 1. The van der Waals surface area contributed by atoms with E-state index in [0.717, 1.165) is 6.07 Å². The first-order valence-corrected chi connectivity index (χ1v) is 8.58. The van der Waals surface area contributed by atoms with Crippen molar-refractivity contribution in [3.63, 3.8) is 0 Å². The summed E-state index contributed by atoms with van der Waals surface area (Å²) in [6, 6.07) is 3.45. The molecule has 2 rings (SSSR count). The van der Waals surface area contributed by atoms with Gasteiger partial charge in [0.15, 0.2) is 0 Å². The number of carbonyl (C=O) groups excluding carboxylic acids is 2. The van der Waals surface area contributed by atoms with Crippen molar-refractivity contribution in [3.05, 3.63) is 29.3 Å². The highest BCUT2D eigenvalue weighted by atomic mass is 19.4. The average Bonchev–Trinajstić information content (AvgIpc) is 2.52. The molecule has 1 saturated heterocycles. The van der Waals surface area contributed by atoms with E-state index in [-0.39, 0.29) is 42.3 Å². The smallest absolute Gasteiger partial charge is 0.416 e. The molecule has 2 amide bonds. The van der Waals surface area contributed by atoms with Crippen molar-refractivity contribution in [2.45, 2.75) is 64.4 Å². The summed E-state index contributed by atoms with van der Waals surface area (Å²) in [4.78, 5) is 23.3. The highest BCUT2D eigenvalue weighted by Crippen LogP contribution is 2.34. The van der Waals surface area contributed by atoms with Gasteiger partial charge in [0.25, 0.3) is 0 Å². The average molecular weight is 372 g/mol. The third-order valence-corrected chi connectivity index (χ3v) is 3.99. The predicted octanol–water partition coefficient (Wildman–Crippen LogP) is 3.17. The molecule has 1 heterocycles. The van der Waals surface area contributed by atoms with Gasteiger partial charge in [0.05, 0.1) is 11.7 Å². The fourth-order valence-corrected chi connectivity index (χ4v) is 2.84. The predicted molar refractivity (Wildman–Crippen MR) is 89.5 cm³/mol. The van der Waals surface area contributed by atoms with Crippen LogP contribution in [0.15, 0.2) is 18.2 Å². The number of alkyl halides is 3. The van der Waals surface area contributed by atoms with Gasteiger partial charge in [-0.1, -0.05) is 6.07 Å². The number of hydrogen-bond acceptors (Lipinski definition) is 3. The molecule has 1 aliphatic rings. The normalized spacial score (nSPS) is 17.8. The second-order valence-corrected chi connectivity index (χ2v) is 6.62. The molecule has 1 aliphatic heterocycles. The van der Waals surface area contributed by atoms with Gasteiger partial charge >= 0.3 is 6.18 Å². The zero-order chi connectivity index (χ0) is 19.3. The summed E-state index contributed by atoms with van der Waals surface area (Å²) in [5, 5.41) is 5.21. The quantitative estimate of drug-likeness (QED) is 0.806. The van der Waals surface area contributed by atoms with Crippen LogP contribution in [0.3, 0.4) is 0 Å². The molecule has 5 nitrogen and oxygen atoms in total. The van der Waals surface area contributed by atoms with E-state index in [4.69, 9.17) is 4.74 Å². The van der Waals surface area contributed by atoms with Gasteiger partial charge < -0.3 is 15.4 Å². The number of rotatable bonds is 6. The van der Waals surface area contributed by atoms with Gasteiger partial charge in [0.1, 0.15) is 5.75 Å². The van der Waals surface area contributed by atoms with Crippen molar-refractivity contribution in [2.75, 3.05) is 0 Å². The number of amides is 2. The van der Waals surface area contributed by atoms with Gasteiger partial charge in [-0.25, -0.2) is 0 Å². The van der Waals surface area contributed by atoms with Crippen LogP contribution in [-0.2, 0) is 22.3 Å². The largest absolute Gasteiger partial charge is 0.491 e. The van der Waals surface area contributed by atoms with Crippen molar-refractivity contribution >= 4 is 11.8 Å². The lowest BCUT2D eigenvalue weighted by molar-refractivity contribution is -0.138. The van der Waals surface area contributed by atoms with Gasteiger partial charge in [-0.2, -0.15) is 13.2 Å². The molecule has 0 aliphatic carbocycles. The molecule has 1 fully saturated rings. The molecule has 1 aromatic carbocycles. The Balaban J connectivity index is 2.01. The SMILES string of the molecule is CC(C)Oc1ccc(CNC(=O)CC2CCCC(=O)N2)c(C(F)(F)F)c1. The van der Waals surface area contributed by atoms with Crippen LogP contribution in [0.4, 0.5) is 13.2 Å². The molecule has 1 aromatic rings. The Hall–Kier alpha value is -2.25. The number of hydrogen-bond donors (Lipinski definition) is 2. The van der Waals surface area contributed by atoms with Crippen LogP contribution in [0.2, 0.25) is 0 Å². The van der Waals surface area contributed by atoms with E-state index >= 15 is 0 Å². The summed E-state index contributed by atoms with van der Waals surface area (Å²) in [5.74, 6) is -0.366. The van der Waals surface area contributed by atoms with Crippen LogP contribution in [-0.4, -0.2) is 24.0 Å². The minimum Gasteiger partial charge on any atom is -0.491 e. The fourth-order valence-electron chi connectivity index (χ4n) is 2.84. The lowest BCUT2D eigenvalue weighted by atomic mass is 10.0. The highest BCUT2D eigenvalue weighted by molar-refractivity contribution is 5.80. The van der Waals surface area contributed by atoms with Gasteiger partial charge in [-0.3, -0.25) is 9.59 Å². The maximum Gasteiger partial charge on any atom is 0.416 e. The topological polar surface area (TPSA) is 67.4 Å². The van der Waals surface area contributed by atoms with Crippen LogP contribution < -0.4 is 15.4 Å². The van der Waals surface area contributed by atoms with E-state index in [2.05, 4.69) is 10.6 Å². The van der Waals surface area contributed by atoms with E-state index < -0.39 is 17.6 Å². The Morgan fingerprint density at radius 1 is 1.38 bits per heavy atom. The summed E-state index contributed by atoms with van der Waals surface area (Å²) in [5.41, 5.74) is -0.864. The van der Waals surface area contributed by atoms with Gasteiger partial charge in [0, 0.05) is 25.4 Å². The maximum absolute atomic E-state index is 13.3. The lowest BCUT2D eigenvalue weighted by Gasteiger charge is -2.23. The van der Waals surface area contributed by atoms with E-state index in [1.807, 2.05) is 0 Å². The molecular formula is C18H23F3N2O3. The first kappa shape index (κ1) is 20.1. The molecule has 26 heavy (non-hydrogen) atoms. The van der Waals surface area contributed by atoms with E-state index in [1.54, 1.807) is 13.8 Å². The minimum atomic E-state index is -4.55. The molecule has 0 bridgehead atoms. The van der Waals surface area contributed by atoms with Crippen molar-refractivity contribution in [3.8, 4) is 5.75 Å². The van der Waals surface area contributed by atoms with Crippen LogP contribution in [0.1, 0.15) is 50.7 Å². The van der Waals surface area contributed by atoms with Crippen molar-refractivity contribution in [1.29, 1.82) is 0 Å². The third kappa shape index (κ3) is 5.93. The zero-order valence-electron chi connectivity index (χ0n) is 14.8. The summed E-state index contributed by atoms with van der Waals surface area (Å²) in [6.07, 6.45) is -2.90. The van der Waals surface area contributed by atoms with Crippen LogP contribution in [0.25, 0.3) is 0 Å². The Kier molecular flexibility index (Phi) is 6.50. The summed E-state index contributed by atoms with van der Waals surface area (Å²) in [6.45, 7) is 3.22. The van der Waals surface area contributed by atoms with Gasteiger partial charge in [-0.05, 0) is 44.4 Å². The van der Waals surface area contributed by atoms with E-state index in [9.17, 15) is 22.8 Å². The molecular weight excluding hydrogens is 349 g/mol. The number of piperidine rings is 1. The molecule has 0 radical (unpaired) electrons. The lowest BCUT2D eigenvalue weighted by Crippen LogP contribution is -2.42. The van der Waals surface area contributed by atoms with E-state index in [1.165, 1.54) is 12.1 Å². The van der Waals surface area contributed by atoms with Crippen LogP contribution in [0, 0.1) is 0 Å². The number of benzene rings is 1. The van der Waals surface area contributed by atoms with Gasteiger partial charge in [0.2, 0.25) is 11.8 Å². The summed E-state index contributed by atoms with van der Waals surface area (Å²) >= 11 is 0. The van der Waals surface area contributed by atoms with Crippen molar-refractivity contribution in [2.24, 2.45) is 0 Å². The van der Waals surface area contributed by atoms with Gasteiger partial charge in [-0.15, -0.1) is 0 Å². The summed E-state index contributed by atoms with van der Waals surface area (Å²) < 4.78 is 45.2. The molecule has 144 valence electrons. The molecule has 8 heteroatoms. The molecule has 0 aromatic heterocycles. The Labute approximate surface area is 150 Å². The monoisotopic (exact) mass is 372 g/mol. The van der Waals surface area contributed by atoms with Crippen LogP contribution >= 0.6 is 0 Å². The first-order valence-electron chi connectivity index (χ1n) is 8.58. The summed E-state index contributed by atoms with van der Waals surface area (Å²) in [7, 11) is 0. The number of halogens is 3. The molecule has 0 saturated carbocycles. The number of carbonyl (C=O) groups is 2. The zero-order valence-corrected chi connectivity index (χ0v) is 14.8. The van der Waals surface area contributed by atoms with Crippen LogP contribution in [0.5, 0.6) is 5.75 Å². The first-order chi connectivity index (χ1) is 12.1. The molecule has 1 atom stereocenters. The molecule has 1 unspecified atom stereocenters. The molecule has 2 N–H and O–H groups in total. The minimum absolute atomic E-state index is 0.0327. The highest BCUT2D eigenvalue weighted by Gasteiger charge is 2.34. The second kappa shape index (κ2) is 8.42. The second-order valence-electron chi connectivity index (χ2n) is 6.62. The van der Waals surface area contributed by atoms with E-state index in [0.29, 0.717) is 19.3 Å². The fraction of sp³-hybridized carbons (Fsp3) is 0.556. The Bertz CT molecular complexity index is 660. The Morgan fingerprint density at radius 3 is 2.73 bits per heavy atom. The van der Waals surface area contributed by atoms with Crippen molar-refractivity contribution < 1.29 is 27.5 Å². The Morgan fingerprint density at radius 2 is 2.12 bits per heavy atom.